The molecule has 2 aliphatic rings. The van der Waals surface area contributed by atoms with Gasteiger partial charge in [-0.2, -0.15) is 0 Å². The first kappa shape index (κ1) is 10.5. The fourth-order valence-corrected chi connectivity index (χ4v) is 2.16. The molecular formula is C11H13N3O3. The zero-order valence-corrected chi connectivity index (χ0v) is 9.05. The molecule has 1 aromatic carbocycles. The van der Waals surface area contributed by atoms with Crippen molar-refractivity contribution in [3.05, 3.63) is 23.8 Å². The monoisotopic (exact) mass is 235 g/mol. The van der Waals surface area contributed by atoms with Crippen LogP contribution >= 0.6 is 0 Å². The van der Waals surface area contributed by atoms with Crippen molar-refractivity contribution in [1.29, 1.82) is 0 Å². The molecule has 3 rings (SSSR count). The van der Waals surface area contributed by atoms with Crippen LogP contribution in [0.15, 0.2) is 18.2 Å². The summed E-state index contributed by atoms with van der Waals surface area (Å²) in [6, 6.07) is 5.47. The minimum absolute atomic E-state index is 0.142. The second-order valence-electron chi connectivity index (χ2n) is 4.12. The summed E-state index contributed by atoms with van der Waals surface area (Å²) in [5, 5.41) is 0. The van der Waals surface area contributed by atoms with Gasteiger partial charge in [0.1, 0.15) is 6.29 Å². The molecule has 0 amide bonds. The van der Waals surface area contributed by atoms with E-state index in [2.05, 4.69) is 10.9 Å². The Morgan fingerprint density at radius 3 is 2.94 bits per heavy atom. The number of hydrogen-bond acceptors (Lipinski definition) is 6. The van der Waals surface area contributed by atoms with Crippen LogP contribution in [0.4, 0.5) is 0 Å². The molecule has 3 unspecified atom stereocenters. The molecule has 0 spiro atoms. The van der Waals surface area contributed by atoms with Crippen LogP contribution in [0, 0.1) is 5.92 Å². The number of carbonyl (C=O) groups is 1. The lowest BCUT2D eigenvalue weighted by Crippen LogP contribution is -2.39. The zero-order chi connectivity index (χ0) is 11.8. The van der Waals surface area contributed by atoms with E-state index in [0.29, 0.717) is 5.75 Å². The van der Waals surface area contributed by atoms with Gasteiger partial charge < -0.3 is 20.0 Å². The molecule has 1 aromatic rings. The second kappa shape index (κ2) is 3.99. The predicted molar refractivity (Wildman–Crippen MR) is 59.1 cm³/mol. The summed E-state index contributed by atoms with van der Waals surface area (Å²) < 4.78 is 10.5. The Bertz CT molecular complexity index is 452. The van der Waals surface area contributed by atoms with Crippen LogP contribution < -0.4 is 26.1 Å². The number of hydrogen-bond donors (Lipinski definition) is 3. The van der Waals surface area contributed by atoms with Crippen LogP contribution in [0.3, 0.4) is 0 Å². The minimum Gasteiger partial charge on any atom is -0.454 e. The van der Waals surface area contributed by atoms with Crippen LogP contribution in [0.25, 0.3) is 0 Å². The van der Waals surface area contributed by atoms with Gasteiger partial charge in [-0.1, -0.05) is 6.07 Å². The zero-order valence-electron chi connectivity index (χ0n) is 9.05. The Balaban J connectivity index is 1.91. The fraction of sp³-hybridized carbons (Fsp3) is 0.364. The van der Waals surface area contributed by atoms with Gasteiger partial charge >= 0.3 is 0 Å². The van der Waals surface area contributed by atoms with Crippen molar-refractivity contribution in [2.45, 2.75) is 12.2 Å². The number of benzene rings is 1. The first-order valence-electron chi connectivity index (χ1n) is 5.41. The molecular weight excluding hydrogens is 222 g/mol. The van der Waals surface area contributed by atoms with Crippen molar-refractivity contribution in [2.75, 3.05) is 6.79 Å². The highest BCUT2D eigenvalue weighted by atomic mass is 16.7. The summed E-state index contributed by atoms with van der Waals surface area (Å²) in [7, 11) is 0. The third-order valence-corrected chi connectivity index (χ3v) is 3.12. The lowest BCUT2D eigenvalue weighted by molar-refractivity contribution is -0.111. The number of rotatable bonds is 2. The van der Waals surface area contributed by atoms with Gasteiger partial charge in [0.05, 0.1) is 18.1 Å². The number of fused-ring (bicyclic) bond motifs is 1. The summed E-state index contributed by atoms with van der Waals surface area (Å²) in [6.45, 7) is 0.242. The summed E-state index contributed by atoms with van der Waals surface area (Å²) in [5.74, 6) is 1.14. The van der Waals surface area contributed by atoms with Crippen molar-refractivity contribution < 1.29 is 14.3 Å². The maximum atomic E-state index is 11.0. The Hall–Kier alpha value is -1.63. The summed E-state index contributed by atoms with van der Waals surface area (Å²) >= 11 is 0. The summed E-state index contributed by atoms with van der Waals surface area (Å²) in [6.07, 6.45) is 0.496. The number of nitrogens with one attached hydrogen (secondary N) is 2. The number of ether oxygens (including phenoxy) is 2. The van der Waals surface area contributed by atoms with Crippen LogP contribution in [-0.4, -0.2) is 19.2 Å². The molecule has 0 radical (unpaired) electrons. The van der Waals surface area contributed by atoms with Crippen LogP contribution in [0.1, 0.15) is 11.6 Å². The summed E-state index contributed by atoms with van der Waals surface area (Å²) in [4.78, 5) is 11.0. The van der Waals surface area contributed by atoms with Gasteiger partial charge in [-0.05, 0) is 17.7 Å². The van der Waals surface area contributed by atoms with Gasteiger partial charge in [0.2, 0.25) is 6.79 Å². The van der Waals surface area contributed by atoms with E-state index < -0.39 is 0 Å². The molecule has 0 bridgehead atoms. The minimum atomic E-state index is -0.372. The van der Waals surface area contributed by atoms with Crippen molar-refractivity contribution >= 4 is 6.29 Å². The van der Waals surface area contributed by atoms with Crippen LogP contribution in [-0.2, 0) is 4.79 Å². The molecule has 3 atom stereocenters. The maximum absolute atomic E-state index is 11.0. The van der Waals surface area contributed by atoms with Crippen LogP contribution in [0.2, 0.25) is 0 Å². The Labute approximate surface area is 98.0 Å². The highest BCUT2D eigenvalue weighted by molar-refractivity contribution is 5.58. The van der Waals surface area contributed by atoms with Crippen molar-refractivity contribution in [1.82, 2.24) is 10.9 Å². The average Bonchev–Trinajstić information content (AvgIpc) is 2.93. The molecule has 2 aliphatic heterocycles. The average molecular weight is 235 g/mol. The Kier molecular flexibility index (Phi) is 2.47. The Morgan fingerprint density at radius 2 is 2.12 bits per heavy atom. The number of hydrazine groups is 1. The second-order valence-corrected chi connectivity index (χ2v) is 4.12. The topological polar surface area (TPSA) is 85.6 Å². The molecule has 1 saturated heterocycles. The van der Waals surface area contributed by atoms with Gasteiger partial charge in [-0.3, -0.25) is 0 Å². The standard InChI is InChI=1S/C11H13N3O3/c12-11-7(4-15)10(13-14-11)6-1-2-8-9(3-6)17-5-16-8/h1-4,7,10-11,13-14H,5,12H2. The SMILES string of the molecule is NC1NNC(c2ccc3c(c2)OCO3)C1C=O. The molecule has 2 heterocycles. The van der Waals surface area contributed by atoms with Crippen molar-refractivity contribution in [2.24, 2.45) is 11.7 Å². The van der Waals surface area contributed by atoms with E-state index in [1.54, 1.807) is 0 Å². The quantitative estimate of drug-likeness (QED) is 0.608. The highest BCUT2D eigenvalue weighted by Gasteiger charge is 2.34. The molecule has 4 N–H and O–H groups in total. The predicted octanol–water partition coefficient (Wildman–Crippen LogP) is -0.336. The van der Waals surface area contributed by atoms with E-state index in [0.717, 1.165) is 17.6 Å². The molecule has 6 nitrogen and oxygen atoms in total. The van der Waals surface area contributed by atoms with E-state index in [4.69, 9.17) is 15.2 Å². The first-order chi connectivity index (χ1) is 8.29. The smallest absolute Gasteiger partial charge is 0.231 e. The molecule has 0 aliphatic carbocycles. The highest BCUT2D eigenvalue weighted by Crippen LogP contribution is 2.36. The van der Waals surface area contributed by atoms with Crippen molar-refractivity contribution in [3.8, 4) is 11.5 Å². The van der Waals surface area contributed by atoms with E-state index in [1.165, 1.54) is 0 Å². The van der Waals surface area contributed by atoms with Gasteiger partial charge in [-0.15, -0.1) is 0 Å². The Morgan fingerprint density at radius 1 is 1.29 bits per heavy atom. The van der Waals surface area contributed by atoms with Gasteiger partial charge in [0.25, 0.3) is 0 Å². The van der Waals surface area contributed by atoms with E-state index in [-0.39, 0.29) is 24.9 Å². The van der Waals surface area contributed by atoms with E-state index >= 15 is 0 Å². The lowest BCUT2D eigenvalue weighted by Gasteiger charge is -2.15. The largest absolute Gasteiger partial charge is 0.454 e. The number of carbonyl (C=O) groups excluding carboxylic acids is 1. The normalized spacial score (nSPS) is 30.5. The molecule has 0 saturated carbocycles. The third kappa shape index (κ3) is 1.66. The van der Waals surface area contributed by atoms with Crippen molar-refractivity contribution in [3.63, 3.8) is 0 Å². The summed E-state index contributed by atoms with van der Waals surface area (Å²) in [5.41, 5.74) is 12.6. The molecule has 6 heteroatoms. The van der Waals surface area contributed by atoms with Crippen LogP contribution in [0.5, 0.6) is 11.5 Å². The lowest BCUT2D eigenvalue weighted by atomic mass is 9.94. The molecule has 17 heavy (non-hydrogen) atoms. The maximum Gasteiger partial charge on any atom is 0.231 e. The van der Waals surface area contributed by atoms with E-state index in [9.17, 15) is 4.79 Å². The molecule has 0 aromatic heterocycles. The number of aldehydes is 1. The fourth-order valence-electron chi connectivity index (χ4n) is 2.16. The first-order valence-corrected chi connectivity index (χ1v) is 5.41. The number of nitrogens with two attached hydrogens (primary N) is 1. The molecule has 1 fully saturated rings. The van der Waals surface area contributed by atoms with Gasteiger partial charge in [-0.25, -0.2) is 10.9 Å². The van der Waals surface area contributed by atoms with Gasteiger partial charge in [0.15, 0.2) is 11.5 Å². The molecule has 90 valence electrons. The van der Waals surface area contributed by atoms with Gasteiger partial charge in [0, 0.05) is 0 Å². The third-order valence-electron chi connectivity index (χ3n) is 3.12. The van der Waals surface area contributed by atoms with E-state index in [1.807, 2.05) is 18.2 Å².